The zero-order valence-electron chi connectivity index (χ0n) is 25.3. The maximum Gasteiger partial charge on any atom is 0.333 e. The molecule has 1 aromatic carbocycles. The third-order valence-electron chi connectivity index (χ3n) is 7.20. The Hall–Kier alpha value is -3.48. The molecule has 0 aliphatic carbocycles. The van der Waals surface area contributed by atoms with Gasteiger partial charge in [0.1, 0.15) is 27.3 Å². The number of hydrogen-bond acceptors (Lipinski definition) is 8. The van der Waals surface area contributed by atoms with Gasteiger partial charge in [-0.05, 0) is 70.7 Å². The average molecular weight is 600 g/mol. The van der Waals surface area contributed by atoms with E-state index in [0.717, 1.165) is 10.1 Å². The summed E-state index contributed by atoms with van der Waals surface area (Å²) in [7, 11) is 0. The number of thiophene rings is 1. The third kappa shape index (κ3) is 6.16. The Labute approximate surface area is 247 Å². The second-order valence-electron chi connectivity index (χ2n) is 12.3. The van der Waals surface area contributed by atoms with Crippen molar-refractivity contribution in [2.24, 2.45) is 5.92 Å². The molecule has 0 fully saturated rings. The summed E-state index contributed by atoms with van der Waals surface area (Å²) < 4.78 is 23.0. The van der Waals surface area contributed by atoms with Crippen molar-refractivity contribution in [3.05, 3.63) is 73.9 Å². The summed E-state index contributed by atoms with van der Waals surface area (Å²) >= 11 is 1.17. The lowest BCUT2D eigenvalue weighted by atomic mass is 9.91. The van der Waals surface area contributed by atoms with Crippen molar-refractivity contribution in [3.63, 3.8) is 0 Å². The molecule has 4 aromatic rings. The molecule has 42 heavy (non-hydrogen) atoms. The van der Waals surface area contributed by atoms with Crippen LogP contribution in [-0.4, -0.2) is 47.2 Å². The lowest BCUT2D eigenvalue weighted by Gasteiger charge is -2.29. The van der Waals surface area contributed by atoms with E-state index in [1.54, 1.807) is 47.6 Å². The van der Waals surface area contributed by atoms with E-state index in [0.29, 0.717) is 21.0 Å². The number of nitrogens with zero attached hydrogens (tertiary/aromatic N) is 5. The van der Waals surface area contributed by atoms with Gasteiger partial charge in [0.2, 0.25) is 0 Å². The zero-order valence-corrected chi connectivity index (χ0v) is 26.1. The van der Waals surface area contributed by atoms with Gasteiger partial charge in [-0.2, -0.15) is 10.2 Å². The van der Waals surface area contributed by atoms with E-state index in [1.807, 2.05) is 13.8 Å². The van der Waals surface area contributed by atoms with Crippen molar-refractivity contribution in [1.82, 2.24) is 24.1 Å². The molecule has 0 spiro atoms. The van der Waals surface area contributed by atoms with Crippen molar-refractivity contribution in [1.29, 1.82) is 0 Å². The second-order valence-corrected chi connectivity index (χ2v) is 13.2. The van der Waals surface area contributed by atoms with Gasteiger partial charge < -0.3 is 9.84 Å². The summed E-state index contributed by atoms with van der Waals surface area (Å²) in [5, 5.41) is 19.7. The number of carbonyl (C=O) groups excluding carboxylic acids is 1. The molecule has 12 heteroatoms. The monoisotopic (exact) mass is 599 g/mol. The highest BCUT2D eigenvalue weighted by atomic mass is 32.1. The zero-order chi connectivity index (χ0) is 31.1. The molecule has 3 aromatic heterocycles. The fourth-order valence-corrected chi connectivity index (χ4v) is 6.13. The van der Waals surface area contributed by atoms with Crippen LogP contribution in [0.4, 0.5) is 4.39 Å². The predicted molar refractivity (Wildman–Crippen MR) is 160 cm³/mol. The first-order valence-corrected chi connectivity index (χ1v) is 14.6. The normalized spacial score (nSPS) is 13.3. The number of ether oxygens (including phenoxy) is 1. The van der Waals surface area contributed by atoms with Crippen molar-refractivity contribution < 1.29 is 19.0 Å². The van der Waals surface area contributed by atoms with Crippen LogP contribution in [0.5, 0.6) is 0 Å². The maximum absolute atomic E-state index is 14.5. The highest BCUT2D eigenvalue weighted by Crippen LogP contribution is 2.33. The van der Waals surface area contributed by atoms with Gasteiger partial charge in [-0.1, -0.05) is 31.3 Å². The Morgan fingerprint density at radius 3 is 2.36 bits per heavy atom. The van der Waals surface area contributed by atoms with Gasteiger partial charge in [0.05, 0.1) is 36.5 Å². The Balaban J connectivity index is 2.03. The molecule has 0 saturated carbocycles. The number of fused-ring (bicyclic) bond motifs is 1. The number of carbonyl (C=O) groups is 1. The fourth-order valence-electron chi connectivity index (χ4n) is 4.91. The Morgan fingerprint density at radius 2 is 1.76 bits per heavy atom. The van der Waals surface area contributed by atoms with Crippen LogP contribution in [-0.2, 0) is 21.6 Å². The predicted octanol–water partition coefficient (Wildman–Crippen LogP) is 4.44. The van der Waals surface area contributed by atoms with Crippen LogP contribution < -0.4 is 11.2 Å². The second kappa shape index (κ2) is 11.7. The highest BCUT2D eigenvalue weighted by Gasteiger charge is 2.36. The first kappa shape index (κ1) is 31.5. The summed E-state index contributed by atoms with van der Waals surface area (Å²) in [6.45, 7) is 13.5. The number of Topliss-reactive ketones (excluding diaryl/α,β-unsaturated/α-hetero) is 1. The average Bonchev–Trinajstić information content (AvgIpc) is 3.52. The van der Waals surface area contributed by atoms with Crippen molar-refractivity contribution >= 4 is 27.3 Å². The van der Waals surface area contributed by atoms with Crippen LogP contribution in [0, 0.1) is 25.6 Å². The number of rotatable bonds is 11. The van der Waals surface area contributed by atoms with E-state index in [1.165, 1.54) is 45.2 Å². The molecule has 3 heterocycles. The molecule has 0 unspecified atom stereocenters. The first-order chi connectivity index (χ1) is 19.5. The molecule has 226 valence electrons. The van der Waals surface area contributed by atoms with Crippen LogP contribution >= 0.6 is 11.3 Å². The summed E-state index contributed by atoms with van der Waals surface area (Å²) in [5.74, 6) is -0.705. The smallest absolute Gasteiger partial charge is 0.333 e. The summed E-state index contributed by atoms with van der Waals surface area (Å²) in [6, 6.07) is 4.30. The Kier molecular flexibility index (Phi) is 8.73. The van der Waals surface area contributed by atoms with Crippen LogP contribution in [0.25, 0.3) is 15.2 Å². The molecule has 0 bridgehead atoms. The molecule has 0 aliphatic heterocycles. The quantitative estimate of drug-likeness (QED) is 0.271. The van der Waals surface area contributed by atoms with Gasteiger partial charge in [0, 0.05) is 12.0 Å². The number of aliphatic hydroxyl groups is 1. The van der Waals surface area contributed by atoms with Crippen LogP contribution in [0.2, 0.25) is 0 Å². The van der Waals surface area contributed by atoms with E-state index in [2.05, 4.69) is 10.2 Å². The lowest BCUT2D eigenvalue weighted by Crippen LogP contribution is -2.53. The number of aryl methyl sites for hydroxylation is 2. The van der Waals surface area contributed by atoms with E-state index in [4.69, 9.17) is 4.74 Å². The molecular weight excluding hydrogens is 561 g/mol. The van der Waals surface area contributed by atoms with Gasteiger partial charge >= 0.3 is 5.69 Å². The third-order valence-corrected chi connectivity index (χ3v) is 8.48. The largest absolute Gasteiger partial charge is 0.388 e. The molecular formula is C30H38FN5O5S. The molecule has 1 N–H and O–H groups in total. The van der Waals surface area contributed by atoms with E-state index < -0.39 is 34.3 Å². The molecule has 0 aliphatic rings. The minimum Gasteiger partial charge on any atom is -0.388 e. The number of hydrogen-bond donors (Lipinski definition) is 1. The van der Waals surface area contributed by atoms with Crippen LogP contribution in [0.1, 0.15) is 70.8 Å². The minimum atomic E-state index is -1.45. The van der Waals surface area contributed by atoms with Gasteiger partial charge in [-0.25, -0.2) is 13.8 Å². The number of ketones is 1. The maximum atomic E-state index is 14.5. The molecule has 0 saturated heterocycles. The van der Waals surface area contributed by atoms with Crippen molar-refractivity contribution in [3.8, 4) is 5.00 Å². The number of aromatic nitrogens is 5. The van der Waals surface area contributed by atoms with E-state index in [9.17, 15) is 23.9 Å². The molecule has 0 radical (unpaired) electrons. The van der Waals surface area contributed by atoms with Crippen molar-refractivity contribution in [2.75, 3.05) is 6.61 Å². The lowest BCUT2D eigenvalue weighted by molar-refractivity contribution is -0.127. The SMILES string of the molecule is Cc1ccc(F)cc1[C@H](Cn1c(=O)n(C(C)(C)C(=O)CC(C)C)c(=O)c2c(C)c(-n3nccn3)sc21)OCC(C)(C)O. The topological polar surface area (TPSA) is 121 Å². The fraction of sp³-hybridized carbons (Fsp3) is 0.500. The number of benzene rings is 1. The van der Waals surface area contributed by atoms with E-state index >= 15 is 0 Å². The van der Waals surface area contributed by atoms with Gasteiger partial charge in [-0.15, -0.1) is 4.80 Å². The molecule has 4 rings (SSSR count). The van der Waals surface area contributed by atoms with Gasteiger partial charge in [0.25, 0.3) is 5.56 Å². The molecule has 10 nitrogen and oxygen atoms in total. The first-order valence-electron chi connectivity index (χ1n) is 13.8. The Morgan fingerprint density at radius 1 is 1.12 bits per heavy atom. The van der Waals surface area contributed by atoms with Gasteiger partial charge in [-0.3, -0.25) is 14.2 Å². The summed E-state index contributed by atoms with van der Waals surface area (Å²) in [5.41, 5.74) is -2.16. The highest BCUT2D eigenvalue weighted by molar-refractivity contribution is 7.21. The Bertz CT molecular complexity index is 1730. The van der Waals surface area contributed by atoms with Crippen LogP contribution in [0.15, 0.2) is 40.2 Å². The summed E-state index contributed by atoms with van der Waals surface area (Å²) in [6.07, 6.45) is 2.33. The van der Waals surface area contributed by atoms with Gasteiger partial charge in [0.15, 0.2) is 5.78 Å². The van der Waals surface area contributed by atoms with E-state index in [-0.39, 0.29) is 36.7 Å². The van der Waals surface area contributed by atoms with Crippen LogP contribution in [0.3, 0.4) is 0 Å². The summed E-state index contributed by atoms with van der Waals surface area (Å²) in [4.78, 5) is 43.6. The number of halogens is 1. The minimum absolute atomic E-state index is 0.0226. The molecule has 0 amide bonds. The molecule has 1 atom stereocenters. The van der Waals surface area contributed by atoms with Crippen molar-refractivity contribution in [2.45, 2.75) is 85.6 Å². The standard InChI is InChI=1S/C30H38FN5O5S/c1-17(2)13-23(37)30(7,8)35-25(38)24-19(4)26(36-32-11-12-33-36)42-27(24)34(28(35)39)15-22(41-16-29(5,6)40)21-14-20(31)10-9-18(21)3/h9-12,14,17,22,40H,13,15-16H2,1-8H3/t22-/m0/s1.